The van der Waals surface area contributed by atoms with Crippen LogP contribution in [0.4, 0.5) is 0 Å². The molecule has 0 fully saturated rings. The number of halogens is 1. The van der Waals surface area contributed by atoms with E-state index >= 15 is 0 Å². The third-order valence-corrected chi connectivity index (χ3v) is 7.16. The Labute approximate surface area is 179 Å². The molecule has 5 nitrogen and oxygen atoms in total. The Bertz CT molecular complexity index is 949. The van der Waals surface area contributed by atoms with Gasteiger partial charge in [-0.05, 0) is 62.9 Å². The van der Waals surface area contributed by atoms with Gasteiger partial charge in [-0.25, -0.2) is 8.42 Å². The molecule has 0 aliphatic rings. The maximum Gasteiger partial charge on any atom is 0.244 e. The Balaban J connectivity index is 2.44. The summed E-state index contributed by atoms with van der Waals surface area (Å²) in [5.74, 6) is -0.320. The summed E-state index contributed by atoms with van der Waals surface area (Å²) in [6.07, 6.45) is 0.770. The van der Waals surface area contributed by atoms with Gasteiger partial charge in [-0.2, -0.15) is 4.31 Å². The van der Waals surface area contributed by atoms with Gasteiger partial charge in [-0.1, -0.05) is 48.4 Å². The van der Waals surface area contributed by atoms with Crippen LogP contribution in [-0.4, -0.2) is 31.2 Å². The second-order valence-electron chi connectivity index (χ2n) is 7.50. The van der Waals surface area contributed by atoms with Crippen molar-refractivity contribution in [1.82, 2.24) is 9.62 Å². The van der Waals surface area contributed by atoms with Crippen molar-refractivity contribution in [2.24, 2.45) is 0 Å². The first-order valence-electron chi connectivity index (χ1n) is 9.66. The van der Waals surface area contributed by atoms with Gasteiger partial charge in [0, 0.05) is 17.6 Å². The summed E-state index contributed by atoms with van der Waals surface area (Å²) in [4.78, 5) is 12.8. The van der Waals surface area contributed by atoms with Crippen molar-refractivity contribution in [1.29, 1.82) is 0 Å². The van der Waals surface area contributed by atoms with Crippen LogP contribution in [0.5, 0.6) is 0 Å². The van der Waals surface area contributed by atoms with Gasteiger partial charge in [-0.3, -0.25) is 4.79 Å². The highest BCUT2D eigenvalue weighted by molar-refractivity contribution is 7.89. The summed E-state index contributed by atoms with van der Waals surface area (Å²) >= 11 is 5.95. The molecule has 0 aliphatic heterocycles. The molecule has 2 aromatic rings. The van der Waals surface area contributed by atoms with E-state index < -0.39 is 10.0 Å². The van der Waals surface area contributed by atoms with E-state index in [1.54, 1.807) is 38.1 Å². The number of carbonyl (C=O) groups excluding carboxylic acids is 1. The van der Waals surface area contributed by atoms with Crippen molar-refractivity contribution in [2.75, 3.05) is 6.54 Å². The third kappa shape index (κ3) is 6.04. The fourth-order valence-corrected chi connectivity index (χ4v) is 5.23. The molecule has 158 valence electrons. The second-order valence-corrected chi connectivity index (χ2v) is 9.82. The first kappa shape index (κ1) is 23.4. The SMILES string of the molecule is CCC(C)NC(=O)CN(Cc1ccc(Cl)cc1)S(=O)(=O)c1c(C)cc(C)cc1C. The minimum absolute atomic E-state index is 0.0227. The molecule has 0 radical (unpaired) electrons. The molecule has 2 rings (SSSR count). The highest BCUT2D eigenvalue weighted by Crippen LogP contribution is 2.26. The van der Waals surface area contributed by atoms with Gasteiger partial charge in [0.1, 0.15) is 0 Å². The molecule has 2 aromatic carbocycles. The minimum Gasteiger partial charge on any atom is -0.353 e. The maximum atomic E-state index is 13.6. The molecule has 0 heterocycles. The number of sulfonamides is 1. The van der Waals surface area contributed by atoms with Crippen LogP contribution in [0.15, 0.2) is 41.3 Å². The summed E-state index contributed by atoms with van der Waals surface area (Å²) in [7, 11) is -3.89. The van der Waals surface area contributed by atoms with Crippen LogP contribution < -0.4 is 5.32 Å². The van der Waals surface area contributed by atoms with Crippen LogP contribution >= 0.6 is 11.6 Å². The van der Waals surface area contributed by atoms with Gasteiger partial charge in [0.2, 0.25) is 15.9 Å². The smallest absolute Gasteiger partial charge is 0.244 e. The quantitative estimate of drug-likeness (QED) is 0.668. The molecule has 0 bridgehead atoms. The number of benzene rings is 2. The average Bonchev–Trinajstić information content (AvgIpc) is 2.61. The number of nitrogens with one attached hydrogen (secondary N) is 1. The van der Waals surface area contributed by atoms with Crippen LogP contribution in [-0.2, 0) is 21.4 Å². The Morgan fingerprint density at radius 3 is 2.17 bits per heavy atom. The first-order chi connectivity index (χ1) is 13.5. The lowest BCUT2D eigenvalue weighted by molar-refractivity contribution is -0.122. The summed E-state index contributed by atoms with van der Waals surface area (Å²) in [5, 5.41) is 3.42. The molecule has 1 atom stereocenters. The topological polar surface area (TPSA) is 66.5 Å². The maximum absolute atomic E-state index is 13.6. The molecule has 29 heavy (non-hydrogen) atoms. The van der Waals surface area contributed by atoms with E-state index in [-0.39, 0.29) is 29.9 Å². The number of amides is 1. The Morgan fingerprint density at radius 1 is 1.10 bits per heavy atom. The Morgan fingerprint density at radius 2 is 1.66 bits per heavy atom. The van der Waals surface area contributed by atoms with E-state index in [0.717, 1.165) is 17.5 Å². The van der Waals surface area contributed by atoms with Gasteiger partial charge in [0.15, 0.2) is 0 Å². The van der Waals surface area contributed by atoms with E-state index in [1.807, 2.05) is 32.9 Å². The first-order valence-corrected chi connectivity index (χ1v) is 11.5. The van der Waals surface area contributed by atoms with Crippen molar-refractivity contribution >= 4 is 27.5 Å². The zero-order chi connectivity index (χ0) is 21.8. The summed E-state index contributed by atoms with van der Waals surface area (Å²) < 4.78 is 28.4. The summed E-state index contributed by atoms with van der Waals surface area (Å²) in [6.45, 7) is 9.19. The number of nitrogens with zero attached hydrogens (tertiary/aromatic N) is 1. The molecule has 0 spiro atoms. The van der Waals surface area contributed by atoms with Crippen LogP contribution in [0.2, 0.25) is 5.02 Å². The van der Waals surface area contributed by atoms with Crippen molar-refractivity contribution in [2.45, 2.75) is 58.5 Å². The highest BCUT2D eigenvalue weighted by atomic mass is 35.5. The van der Waals surface area contributed by atoms with E-state index in [4.69, 9.17) is 11.6 Å². The van der Waals surface area contributed by atoms with Crippen LogP contribution in [0.25, 0.3) is 0 Å². The normalized spacial score (nSPS) is 12.8. The van der Waals surface area contributed by atoms with Crippen molar-refractivity contribution < 1.29 is 13.2 Å². The fraction of sp³-hybridized carbons (Fsp3) is 0.409. The highest BCUT2D eigenvalue weighted by Gasteiger charge is 2.30. The average molecular weight is 437 g/mol. The number of rotatable bonds is 8. The standard InChI is InChI=1S/C22H29ClN2O3S/c1-6-18(5)24-21(26)14-25(13-19-7-9-20(23)10-8-19)29(27,28)22-16(3)11-15(2)12-17(22)4/h7-12,18H,6,13-14H2,1-5H3,(H,24,26). The lowest BCUT2D eigenvalue weighted by atomic mass is 10.1. The van der Waals surface area contributed by atoms with Gasteiger partial charge >= 0.3 is 0 Å². The monoisotopic (exact) mass is 436 g/mol. The van der Waals surface area contributed by atoms with Gasteiger partial charge in [0.05, 0.1) is 11.4 Å². The molecule has 1 N–H and O–H groups in total. The molecule has 0 saturated carbocycles. The minimum atomic E-state index is -3.89. The van der Waals surface area contributed by atoms with E-state index in [2.05, 4.69) is 5.32 Å². The molecule has 7 heteroatoms. The van der Waals surface area contributed by atoms with Gasteiger partial charge < -0.3 is 5.32 Å². The molecule has 1 amide bonds. The van der Waals surface area contributed by atoms with Gasteiger partial charge in [-0.15, -0.1) is 0 Å². The predicted octanol–water partition coefficient (Wildman–Crippen LogP) is 4.37. The second kappa shape index (κ2) is 9.74. The predicted molar refractivity (Wildman–Crippen MR) is 118 cm³/mol. The summed E-state index contributed by atoms with van der Waals surface area (Å²) in [5.41, 5.74) is 3.10. The Hall–Kier alpha value is -1.89. The van der Waals surface area contributed by atoms with Crippen LogP contribution in [0.1, 0.15) is 42.5 Å². The molecule has 0 aliphatic carbocycles. The summed E-state index contributed by atoms with van der Waals surface area (Å²) in [6, 6.07) is 10.6. The lowest BCUT2D eigenvalue weighted by Gasteiger charge is -2.25. The zero-order valence-electron chi connectivity index (χ0n) is 17.6. The van der Waals surface area contributed by atoms with Crippen molar-refractivity contribution in [3.8, 4) is 0 Å². The molecular formula is C22H29ClN2O3S. The molecular weight excluding hydrogens is 408 g/mol. The van der Waals surface area contributed by atoms with E-state index in [1.165, 1.54) is 4.31 Å². The number of hydrogen-bond donors (Lipinski definition) is 1. The number of hydrogen-bond acceptors (Lipinski definition) is 3. The molecule has 1 unspecified atom stereocenters. The van der Waals surface area contributed by atoms with Crippen LogP contribution in [0, 0.1) is 20.8 Å². The van der Waals surface area contributed by atoms with E-state index in [9.17, 15) is 13.2 Å². The van der Waals surface area contributed by atoms with Crippen molar-refractivity contribution in [3.63, 3.8) is 0 Å². The zero-order valence-corrected chi connectivity index (χ0v) is 19.2. The fourth-order valence-electron chi connectivity index (χ4n) is 3.30. The molecule has 0 aromatic heterocycles. The third-order valence-electron chi connectivity index (χ3n) is 4.81. The lowest BCUT2D eigenvalue weighted by Crippen LogP contribution is -2.43. The van der Waals surface area contributed by atoms with Crippen molar-refractivity contribution in [3.05, 3.63) is 63.7 Å². The Kier molecular flexibility index (Phi) is 7.86. The molecule has 0 saturated heterocycles. The van der Waals surface area contributed by atoms with Gasteiger partial charge in [0.25, 0.3) is 0 Å². The largest absolute Gasteiger partial charge is 0.353 e. The number of carbonyl (C=O) groups is 1. The number of aryl methyl sites for hydroxylation is 3. The van der Waals surface area contributed by atoms with E-state index in [0.29, 0.717) is 16.1 Å². The van der Waals surface area contributed by atoms with Crippen LogP contribution in [0.3, 0.4) is 0 Å².